The van der Waals surface area contributed by atoms with Crippen molar-refractivity contribution in [2.75, 3.05) is 34.3 Å². The summed E-state index contributed by atoms with van der Waals surface area (Å²) in [5, 5.41) is 11.1. The summed E-state index contributed by atoms with van der Waals surface area (Å²) >= 11 is 3.47. The molecule has 1 heterocycles. The fraction of sp³-hybridized carbons (Fsp3) is 0.333. The molecule has 164 valence electrons. The van der Waals surface area contributed by atoms with Crippen molar-refractivity contribution in [1.82, 2.24) is 9.80 Å². The Morgan fingerprint density at radius 1 is 1.19 bits per heavy atom. The number of hydrogen-bond donors (Lipinski definition) is 1. The predicted molar refractivity (Wildman–Crippen MR) is 124 cm³/mol. The minimum absolute atomic E-state index is 0.109. The number of methoxy groups -OCH3 is 1. The zero-order valence-electron chi connectivity index (χ0n) is 18.2. The number of amides is 1. The largest absolute Gasteiger partial charge is 0.507 e. The monoisotopic (exact) mass is 486 g/mol. The molecule has 0 bridgehead atoms. The lowest BCUT2D eigenvalue weighted by Crippen LogP contribution is -2.32. The maximum absolute atomic E-state index is 13.0. The summed E-state index contributed by atoms with van der Waals surface area (Å²) < 4.78 is 6.13. The molecule has 1 saturated heterocycles. The number of aryl methyl sites for hydroxylation is 1. The third kappa shape index (κ3) is 4.83. The van der Waals surface area contributed by atoms with E-state index in [9.17, 15) is 14.7 Å². The average molecular weight is 487 g/mol. The summed E-state index contributed by atoms with van der Waals surface area (Å²) in [6.45, 7) is 3.06. The van der Waals surface area contributed by atoms with Gasteiger partial charge < -0.3 is 19.6 Å². The Morgan fingerprint density at radius 3 is 2.55 bits per heavy atom. The fourth-order valence-corrected chi connectivity index (χ4v) is 4.29. The molecular weight excluding hydrogens is 460 g/mol. The van der Waals surface area contributed by atoms with Crippen molar-refractivity contribution >= 4 is 33.4 Å². The molecule has 2 aromatic carbocycles. The second kappa shape index (κ2) is 9.66. The third-order valence-corrected chi connectivity index (χ3v) is 5.87. The molecule has 1 N–H and O–H groups in total. The Bertz CT molecular complexity index is 1030. The topological polar surface area (TPSA) is 70.1 Å². The van der Waals surface area contributed by atoms with Gasteiger partial charge in [-0.2, -0.15) is 0 Å². The maximum atomic E-state index is 13.0. The highest BCUT2D eigenvalue weighted by molar-refractivity contribution is 9.10. The van der Waals surface area contributed by atoms with Crippen molar-refractivity contribution in [2.24, 2.45) is 0 Å². The van der Waals surface area contributed by atoms with E-state index in [1.165, 1.54) is 0 Å². The van der Waals surface area contributed by atoms with Gasteiger partial charge in [0.1, 0.15) is 11.5 Å². The van der Waals surface area contributed by atoms with Crippen LogP contribution in [-0.2, 0) is 9.59 Å². The summed E-state index contributed by atoms with van der Waals surface area (Å²) in [5.41, 5.74) is 2.18. The smallest absolute Gasteiger partial charge is 0.295 e. The molecule has 3 rings (SSSR count). The van der Waals surface area contributed by atoms with E-state index >= 15 is 0 Å². The molecule has 0 saturated carbocycles. The highest BCUT2D eigenvalue weighted by Crippen LogP contribution is 2.40. The lowest BCUT2D eigenvalue weighted by Gasteiger charge is -2.26. The molecule has 31 heavy (non-hydrogen) atoms. The Kier molecular flexibility index (Phi) is 7.18. The van der Waals surface area contributed by atoms with Gasteiger partial charge in [0.2, 0.25) is 0 Å². The molecule has 1 aliphatic heterocycles. The van der Waals surface area contributed by atoms with E-state index in [2.05, 4.69) is 15.9 Å². The van der Waals surface area contributed by atoms with E-state index in [4.69, 9.17) is 4.74 Å². The first-order valence-electron chi connectivity index (χ1n) is 10.1. The van der Waals surface area contributed by atoms with Crippen LogP contribution < -0.4 is 4.74 Å². The molecular formula is C24H27BrN2O4. The van der Waals surface area contributed by atoms with Gasteiger partial charge in [-0.05, 0) is 75.4 Å². The third-order valence-electron chi connectivity index (χ3n) is 5.38. The van der Waals surface area contributed by atoms with Crippen molar-refractivity contribution in [3.63, 3.8) is 0 Å². The van der Waals surface area contributed by atoms with Crippen LogP contribution in [0.3, 0.4) is 0 Å². The molecule has 1 fully saturated rings. The molecule has 0 aromatic heterocycles. The molecule has 0 spiro atoms. The number of nitrogens with zero attached hydrogens (tertiary/aromatic N) is 2. The van der Waals surface area contributed by atoms with Gasteiger partial charge in [-0.25, -0.2) is 0 Å². The summed E-state index contributed by atoms with van der Waals surface area (Å²) in [7, 11) is 5.51. The lowest BCUT2D eigenvalue weighted by atomic mass is 9.94. The number of aliphatic hydroxyl groups is 1. The van der Waals surface area contributed by atoms with Gasteiger partial charge in [0, 0.05) is 16.6 Å². The van der Waals surface area contributed by atoms with Gasteiger partial charge in [0.15, 0.2) is 0 Å². The van der Waals surface area contributed by atoms with Gasteiger partial charge in [0.25, 0.3) is 11.7 Å². The number of hydrogen-bond acceptors (Lipinski definition) is 5. The summed E-state index contributed by atoms with van der Waals surface area (Å²) in [4.78, 5) is 29.6. The Labute approximate surface area is 191 Å². The number of Topliss-reactive ketones (excluding diaryl/α,β-unsaturated/α-hetero) is 1. The first kappa shape index (κ1) is 23.0. The molecule has 0 aliphatic carbocycles. The number of ether oxygens (including phenoxy) is 1. The molecule has 0 unspecified atom stereocenters. The van der Waals surface area contributed by atoms with Gasteiger partial charge in [0.05, 0.1) is 18.7 Å². The van der Waals surface area contributed by atoms with Crippen LogP contribution >= 0.6 is 15.9 Å². The van der Waals surface area contributed by atoms with Crippen LogP contribution in [0.15, 0.2) is 52.5 Å². The van der Waals surface area contributed by atoms with Gasteiger partial charge >= 0.3 is 0 Å². The number of rotatable bonds is 7. The van der Waals surface area contributed by atoms with Gasteiger partial charge in [-0.15, -0.1) is 0 Å². The Morgan fingerprint density at radius 2 is 1.94 bits per heavy atom. The molecule has 1 aliphatic rings. The van der Waals surface area contributed by atoms with E-state index in [0.29, 0.717) is 24.3 Å². The summed E-state index contributed by atoms with van der Waals surface area (Å²) in [6, 6.07) is 12.0. The van der Waals surface area contributed by atoms with Crippen molar-refractivity contribution in [2.45, 2.75) is 19.4 Å². The Balaban J connectivity index is 2.11. The van der Waals surface area contributed by atoms with Crippen LogP contribution in [0.2, 0.25) is 0 Å². The number of ketones is 1. The molecule has 0 radical (unpaired) electrons. The number of halogens is 1. The van der Waals surface area contributed by atoms with Crippen molar-refractivity contribution in [1.29, 1.82) is 0 Å². The van der Waals surface area contributed by atoms with Gasteiger partial charge in [-0.1, -0.05) is 28.1 Å². The van der Waals surface area contributed by atoms with Crippen LogP contribution in [-0.4, -0.2) is 60.9 Å². The fourth-order valence-electron chi connectivity index (χ4n) is 3.87. The first-order valence-corrected chi connectivity index (χ1v) is 10.9. The van der Waals surface area contributed by atoms with E-state index in [0.717, 1.165) is 22.1 Å². The van der Waals surface area contributed by atoms with Crippen LogP contribution in [0.4, 0.5) is 0 Å². The average Bonchev–Trinajstić information content (AvgIpc) is 2.98. The molecule has 7 heteroatoms. The SMILES string of the molecule is COc1ccc(C(O)=C2C(=O)C(=O)N(CCCN(C)C)[C@H]2c2cccc(Br)c2)cc1C. The van der Waals surface area contributed by atoms with E-state index < -0.39 is 17.7 Å². The van der Waals surface area contributed by atoms with E-state index in [-0.39, 0.29) is 11.3 Å². The highest BCUT2D eigenvalue weighted by atomic mass is 79.9. The number of aliphatic hydroxyl groups excluding tert-OH is 1. The highest BCUT2D eigenvalue weighted by Gasteiger charge is 2.45. The second-order valence-electron chi connectivity index (χ2n) is 7.89. The van der Waals surface area contributed by atoms with Crippen molar-refractivity contribution in [3.8, 4) is 5.75 Å². The second-order valence-corrected chi connectivity index (χ2v) is 8.80. The minimum Gasteiger partial charge on any atom is -0.507 e. The summed E-state index contributed by atoms with van der Waals surface area (Å²) in [5.74, 6) is -0.746. The Hall–Kier alpha value is -2.64. The number of carbonyl (C=O) groups excluding carboxylic acids is 2. The van der Waals surface area contributed by atoms with Crippen LogP contribution in [0.1, 0.15) is 29.2 Å². The van der Waals surface area contributed by atoms with Crippen LogP contribution in [0.5, 0.6) is 5.75 Å². The van der Waals surface area contributed by atoms with Crippen molar-refractivity contribution in [3.05, 3.63) is 69.2 Å². The van der Waals surface area contributed by atoms with E-state index in [1.54, 1.807) is 30.2 Å². The normalized spacial score (nSPS) is 18.1. The lowest BCUT2D eigenvalue weighted by molar-refractivity contribution is -0.139. The van der Waals surface area contributed by atoms with Crippen molar-refractivity contribution < 1.29 is 19.4 Å². The minimum atomic E-state index is -0.666. The quantitative estimate of drug-likeness (QED) is 0.361. The summed E-state index contributed by atoms with van der Waals surface area (Å²) in [6.07, 6.45) is 0.714. The molecule has 2 aromatic rings. The zero-order chi connectivity index (χ0) is 22.7. The van der Waals surface area contributed by atoms with Crippen LogP contribution in [0.25, 0.3) is 5.76 Å². The van der Waals surface area contributed by atoms with E-state index in [1.807, 2.05) is 50.2 Å². The number of carbonyl (C=O) groups is 2. The molecule has 1 atom stereocenters. The molecule has 1 amide bonds. The predicted octanol–water partition coefficient (Wildman–Crippen LogP) is 4.14. The number of likely N-dealkylation sites (tertiary alicyclic amines) is 1. The molecule has 6 nitrogen and oxygen atoms in total. The first-order chi connectivity index (χ1) is 14.7. The van der Waals surface area contributed by atoms with Crippen LogP contribution in [0, 0.1) is 6.92 Å². The number of benzene rings is 2. The van der Waals surface area contributed by atoms with Gasteiger partial charge in [-0.3, -0.25) is 9.59 Å². The standard InChI is InChI=1S/C24H27BrN2O4/c1-15-13-17(9-10-19(15)31-4)22(28)20-21(16-7-5-8-18(25)14-16)27(24(30)23(20)29)12-6-11-26(2)3/h5,7-10,13-14,21,28H,6,11-12H2,1-4H3/t21-/m0/s1. The zero-order valence-corrected chi connectivity index (χ0v) is 19.8. The maximum Gasteiger partial charge on any atom is 0.295 e.